The highest BCUT2D eigenvalue weighted by Gasteiger charge is 2.33. The normalized spacial score (nSPS) is 21.5. The fourth-order valence-corrected chi connectivity index (χ4v) is 4.98. The van der Waals surface area contributed by atoms with Gasteiger partial charge < -0.3 is 10.2 Å². The average Bonchev–Trinajstić information content (AvgIpc) is 3.16. The maximum Gasteiger partial charge on any atom is 0.253 e. The van der Waals surface area contributed by atoms with E-state index in [1.165, 1.54) is 42.1 Å². The van der Waals surface area contributed by atoms with E-state index in [2.05, 4.69) is 20.8 Å². The molecule has 0 spiro atoms. The van der Waals surface area contributed by atoms with E-state index in [1.54, 1.807) is 31.3 Å². The number of benzene rings is 1. The summed E-state index contributed by atoms with van der Waals surface area (Å²) in [4.78, 5) is 27.0. The van der Waals surface area contributed by atoms with E-state index in [1.807, 2.05) is 4.90 Å². The van der Waals surface area contributed by atoms with Crippen molar-refractivity contribution < 1.29 is 9.59 Å². The van der Waals surface area contributed by atoms with Crippen molar-refractivity contribution >= 4 is 29.3 Å². The van der Waals surface area contributed by atoms with E-state index >= 15 is 0 Å². The highest BCUT2D eigenvalue weighted by atomic mass is 32.2. The summed E-state index contributed by atoms with van der Waals surface area (Å²) in [7, 11) is 1.73. The number of fused-ring (bicyclic) bond motifs is 1. The highest BCUT2D eigenvalue weighted by molar-refractivity contribution is 7.99. The van der Waals surface area contributed by atoms with Crippen LogP contribution >= 0.6 is 11.8 Å². The first-order valence-electron chi connectivity index (χ1n) is 10.1. The maximum absolute atomic E-state index is 12.9. The van der Waals surface area contributed by atoms with Crippen molar-refractivity contribution in [2.24, 2.45) is 18.9 Å². The quantitative estimate of drug-likeness (QED) is 0.756. The molecule has 4 rings (SSSR count). The number of aryl methyl sites for hydroxylation is 1. The monoisotopic (exact) mass is 414 g/mol. The molecule has 2 heterocycles. The number of hydrogen-bond acceptors (Lipinski definition) is 6. The Bertz CT molecular complexity index is 868. The molecule has 2 fully saturated rings. The van der Waals surface area contributed by atoms with Crippen LogP contribution in [0.3, 0.4) is 0 Å². The van der Waals surface area contributed by atoms with Crippen LogP contribution in [-0.4, -0.2) is 55.8 Å². The molecule has 2 atom stereocenters. The van der Waals surface area contributed by atoms with Gasteiger partial charge in [-0.05, 0) is 59.4 Å². The van der Waals surface area contributed by atoms with E-state index in [4.69, 9.17) is 0 Å². The molecule has 0 radical (unpaired) electrons. The molecule has 0 unspecified atom stereocenters. The van der Waals surface area contributed by atoms with Crippen molar-refractivity contribution in [3.63, 3.8) is 0 Å². The number of nitrogens with zero attached hydrogens (tertiary/aromatic N) is 5. The number of tetrazole rings is 1. The van der Waals surface area contributed by atoms with Crippen LogP contribution in [0.1, 0.15) is 42.5 Å². The summed E-state index contributed by atoms with van der Waals surface area (Å²) in [5.41, 5.74) is 1.35. The van der Waals surface area contributed by atoms with E-state index in [0.29, 0.717) is 22.3 Å². The fraction of sp³-hybridized carbons (Fsp3) is 0.550. The lowest BCUT2D eigenvalue weighted by Gasteiger charge is -2.41. The lowest BCUT2D eigenvalue weighted by Crippen LogP contribution is -2.44. The Morgan fingerprint density at radius 2 is 1.90 bits per heavy atom. The molecule has 1 saturated heterocycles. The zero-order valence-corrected chi connectivity index (χ0v) is 17.4. The second kappa shape index (κ2) is 8.94. The number of rotatable bonds is 5. The number of nitrogens with one attached hydrogen (secondary N) is 1. The van der Waals surface area contributed by atoms with Gasteiger partial charge in [-0.2, -0.15) is 0 Å². The number of aromatic nitrogens is 4. The van der Waals surface area contributed by atoms with Crippen molar-refractivity contribution in [3.8, 4) is 0 Å². The van der Waals surface area contributed by atoms with E-state index in [0.717, 1.165) is 25.4 Å². The third kappa shape index (κ3) is 4.77. The van der Waals surface area contributed by atoms with Crippen LogP contribution in [0, 0.1) is 11.8 Å². The first-order chi connectivity index (χ1) is 14.1. The van der Waals surface area contributed by atoms with Crippen LogP contribution < -0.4 is 5.32 Å². The molecule has 29 heavy (non-hydrogen) atoms. The van der Waals surface area contributed by atoms with Gasteiger partial charge in [0.1, 0.15) is 0 Å². The predicted molar refractivity (Wildman–Crippen MR) is 111 cm³/mol. The largest absolute Gasteiger partial charge is 0.338 e. The number of carbonyl (C=O) groups excluding carboxylic acids is 2. The molecule has 2 amide bonds. The predicted octanol–water partition coefficient (Wildman–Crippen LogP) is 2.59. The molecular formula is C20H26N6O2S. The summed E-state index contributed by atoms with van der Waals surface area (Å²) >= 11 is 1.27. The van der Waals surface area contributed by atoms with Crippen LogP contribution in [-0.2, 0) is 11.8 Å². The molecule has 154 valence electrons. The SMILES string of the molecule is Cn1nnnc1SCC(=O)Nc1ccc(C(=O)N2CC[C@@H]3CCCC[C@@H]3C2)cc1. The van der Waals surface area contributed by atoms with Crippen molar-refractivity contribution in [2.75, 3.05) is 24.2 Å². The van der Waals surface area contributed by atoms with Crippen molar-refractivity contribution in [2.45, 2.75) is 37.3 Å². The zero-order valence-electron chi connectivity index (χ0n) is 16.6. The van der Waals surface area contributed by atoms with Gasteiger partial charge in [-0.25, -0.2) is 4.68 Å². The van der Waals surface area contributed by atoms with Crippen LogP contribution in [0.25, 0.3) is 0 Å². The maximum atomic E-state index is 12.9. The van der Waals surface area contributed by atoms with Gasteiger partial charge in [0.15, 0.2) is 0 Å². The summed E-state index contributed by atoms with van der Waals surface area (Å²) in [6, 6.07) is 7.16. The fourth-order valence-electron chi connectivity index (χ4n) is 4.33. The number of hydrogen-bond donors (Lipinski definition) is 1. The van der Waals surface area contributed by atoms with Crippen LogP contribution in [0.4, 0.5) is 5.69 Å². The zero-order chi connectivity index (χ0) is 20.2. The number of piperidine rings is 1. The van der Waals surface area contributed by atoms with Gasteiger partial charge in [-0.15, -0.1) is 5.10 Å². The molecule has 1 aromatic carbocycles. The third-order valence-corrected chi connectivity index (χ3v) is 6.92. The van der Waals surface area contributed by atoms with Crippen LogP contribution in [0.15, 0.2) is 29.4 Å². The van der Waals surface area contributed by atoms with Crippen molar-refractivity contribution in [3.05, 3.63) is 29.8 Å². The second-order valence-electron chi connectivity index (χ2n) is 7.84. The van der Waals surface area contributed by atoms with E-state index in [9.17, 15) is 9.59 Å². The molecule has 2 aliphatic rings. The summed E-state index contributed by atoms with van der Waals surface area (Å²) in [6.07, 6.45) is 6.34. The summed E-state index contributed by atoms with van der Waals surface area (Å²) in [5, 5.41) is 14.5. The molecule has 1 aromatic heterocycles. The van der Waals surface area contributed by atoms with Gasteiger partial charge in [-0.1, -0.05) is 31.0 Å². The molecule has 9 heteroatoms. The lowest BCUT2D eigenvalue weighted by molar-refractivity contribution is -0.113. The molecule has 1 saturated carbocycles. The molecule has 1 N–H and O–H groups in total. The van der Waals surface area contributed by atoms with Gasteiger partial charge in [0.25, 0.3) is 5.91 Å². The molecular weight excluding hydrogens is 388 g/mol. The smallest absolute Gasteiger partial charge is 0.253 e. The Kier molecular flexibility index (Phi) is 6.13. The standard InChI is InChI=1S/C20H26N6O2S/c1-25-20(22-23-24-25)29-13-18(27)21-17-8-6-15(7-9-17)19(28)26-11-10-14-4-2-3-5-16(14)12-26/h6-9,14,16H,2-5,10-13H2,1H3,(H,21,27)/t14-,16+/m0/s1. The minimum absolute atomic E-state index is 0.0947. The molecule has 2 aromatic rings. The van der Waals surface area contributed by atoms with E-state index in [-0.39, 0.29) is 17.6 Å². The number of anilines is 1. The van der Waals surface area contributed by atoms with Gasteiger partial charge in [0, 0.05) is 31.4 Å². The number of amides is 2. The summed E-state index contributed by atoms with van der Waals surface area (Å²) < 4.78 is 1.52. The van der Waals surface area contributed by atoms with Gasteiger partial charge in [-0.3, -0.25) is 9.59 Å². The Hall–Kier alpha value is -2.42. The van der Waals surface area contributed by atoms with Gasteiger partial charge >= 0.3 is 0 Å². The van der Waals surface area contributed by atoms with Crippen LogP contribution in [0.2, 0.25) is 0 Å². The van der Waals surface area contributed by atoms with Gasteiger partial charge in [0.05, 0.1) is 5.75 Å². The Morgan fingerprint density at radius 3 is 2.62 bits per heavy atom. The van der Waals surface area contributed by atoms with Gasteiger partial charge in [0.2, 0.25) is 11.1 Å². The first-order valence-corrected chi connectivity index (χ1v) is 11.1. The molecule has 1 aliphatic heterocycles. The molecule has 8 nitrogen and oxygen atoms in total. The topological polar surface area (TPSA) is 93.0 Å². The first kappa shape index (κ1) is 19.9. The molecule has 1 aliphatic carbocycles. The minimum Gasteiger partial charge on any atom is -0.338 e. The highest BCUT2D eigenvalue weighted by Crippen LogP contribution is 2.36. The van der Waals surface area contributed by atoms with Crippen LogP contribution in [0.5, 0.6) is 0 Å². The Balaban J connectivity index is 1.29. The molecule has 0 bridgehead atoms. The minimum atomic E-state index is -0.142. The lowest BCUT2D eigenvalue weighted by atomic mass is 9.75. The Morgan fingerprint density at radius 1 is 1.14 bits per heavy atom. The second-order valence-corrected chi connectivity index (χ2v) is 8.79. The summed E-state index contributed by atoms with van der Waals surface area (Å²) in [5.74, 6) is 1.64. The van der Waals surface area contributed by atoms with Crippen molar-refractivity contribution in [1.82, 2.24) is 25.1 Å². The number of likely N-dealkylation sites (tertiary alicyclic amines) is 1. The Labute approximate surface area is 174 Å². The summed E-state index contributed by atoms with van der Waals surface area (Å²) in [6.45, 7) is 1.74. The van der Waals surface area contributed by atoms with E-state index < -0.39 is 0 Å². The third-order valence-electron chi connectivity index (χ3n) is 5.91. The van der Waals surface area contributed by atoms with Crippen molar-refractivity contribution in [1.29, 1.82) is 0 Å². The average molecular weight is 415 g/mol. The number of thioether (sulfide) groups is 1. The number of carbonyl (C=O) groups is 2.